The average Bonchev–Trinajstić information content (AvgIpc) is 2.45. The standard InChI is InChI=1S/C13H18O4.C2H6/c1-13(7-17-8-13)12(14)9-4-5-10(15-2)11(6-9)16-3;1-2/h4-6,12,14H,7-8H2,1-3H3;1-2H3. The highest BCUT2D eigenvalue weighted by molar-refractivity contribution is 5.43. The van der Waals surface area contributed by atoms with Gasteiger partial charge in [0, 0.05) is 5.41 Å². The molecule has 108 valence electrons. The molecule has 0 radical (unpaired) electrons. The Morgan fingerprint density at radius 2 is 1.74 bits per heavy atom. The number of aliphatic hydroxyl groups is 1. The van der Waals surface area contributed by atoms with Gasteiger partial charge in [0.05, 0.1) is 33.5 Å². The molecule has 2 rings (SSSR count). The molecule has 1 aromatic rings. The smallest absolute Gasteiger partial charge is 0.161 e. The summed E-state index contributed by atoms with van der Waals surface area (Å²) in [5.41, 5.74) is 0.632. The van der Waals surface area contributed by atoms with Gasteiger partial charge in [-0.2, -0.15) is 0 Å². The molecule has 1 unspecified atom stereocenters. The molecule has 0 spiro atoms. The number of hydrogen-bond acceptors (Lipinski definition) is 4. The maximum atomic E-state index is 10.3. The van der Waals surface area contributed by atoms with Crippen LogP contribution in [-0.2, 0) is 4.74 Å². The molecule has 0 aliphatic carbocycles. The summed E-state index contributed by atoms with van der Waals surface area (Å²) in [6.45, 7) is 7.18. The minimum Gasteiger partial charge on any atom is -0.493 e. The molecule has 1 saturated heterocycles. The monoisotopic (exact) mass is 268 g/mol. The topological polar surface area (TPSA) is 47.9 Å². The van der Waals surface area contributed by atoms with Crippen molar-refractivity contribution >= 4 is 0 Å². The van der Waals surface area contributed by atoms with Gasteiger partial charge >= 0.3 is 0 Å². The van der Waals surface area contributed by atoms with Crippen molar-refractivity contribution in [3.05, 3.63) is 23.8 Å². The van der Waals surface area contributed by atoms with E-state index in [1.807, 2.05) is 32.9 Å². The SMILES string of the molecule is CC.COc1ccc(C(O)C2(C)COC2)cc1OC. The van der Waals surface area contributed by atoms with Gasteiger partial charge in [0.1, 0.15) is 0 Å². The summed E-state index contributed by atoms with van der Waals surface area (Å²) in [5.74, 6) is 1.30. The number of ether oxygens (including phenoxy) is 3. The van der Waals surface area contributed by atoms with Crippen LogP contribution >= 0.6 is 0 Å². The molecule has 1 fully saturated rings. The molecule has 1 aromatic carbocycles. The predicted molar refractivity (Wildman–Crippen MR) is 74.8 cm³/mol. The molecule has 19 heavy (non-hydrogen) atoms. The van der Waals surface area contributed by atoms with E-state index in [1.54, 1.807) is 20.3 Å². The van der Waals surface area contributed by atoms with Gasteiger partial charge in [0.2, 0.25) is 0 Å². The van der Waals surface area contributed by atoms with Crippen LogP contribution < -0.4 is 9.47 Å². The first-order chi connectivity index (χ1) is 9.10. The highest BCUT2D eigenvalue weighted by Gasteiger charge is 2.41. The van der Waals surface area contributed by atoms with Gasteiger partial charge in [-0.05, 0) is 17.7 Å². The van der Waals surface area contributed by atoms with Crippen molar-refractivity contribution in [2.45, 2.75) is 26.9 Å². The van der Waals surface area contributed by atoms with Gasteiger partial charge in [0.15, 0.2) is 11.5 Å². The fraction of sp³-hybridized carbons (Fsp3) is 0.600. The summed E-state index contributed by atoms with van der Waals surface area (Å²) in [7, 11) is 3.18. The second-order valence-corrected chi connectivity index (χ2v) is 4.66. The number of benzene rings is 1. The normalized spacial score (nSPS) is 17.6. The maximum Gasteiger partial charge on any atom is 0.161 e. The largest absolute Gasteiger partial charge is 0.493 e. The van der Waals surface area contributed by atoms with Crippen LogP contribution in [-0.4, -0.2) is 32.5 Å². The van der Waals surface area contributed by atoms with Gasteiger partial charge in [0.25, 0.3) is 0 Å². The lowest BCUT2D eigenvalue weighted by atomic mass is 9.79. The Hall–Kier alpha value is -1.26. The Labute approximate surface area is 115 Å². The van der Waals surface area contributed by atoms with Gasteiger partial charge in [-0.1, -0.05) is 26.8 Å². The zero-order chi connectivity index (χ0) is 14.5. The van der Waals surface area contributed by atoms with Crippen LogP contribution in [0.25, 0.3) is 0 Å². The first kappa shape index (κ1) is 15.8. The lowest BCUT2D eigenvalue weighted by Gasteiger charge is -2.42. The van der Waals surface area contributed by atoms with Crippen LogP contribution in [0.2, 0.25) is 0 Å². The van der Waals surface area contributed by atoms with Crippen LogP contribution in [0.15, 0.2) is 18.2 Å². The zero-order valence-electron chi connectivity index (χ0n) is 12.4. The third-order valence-electron chi connectivity index (χ3n) is 3.25. The molecule has 0 amide bonds. The van der Waals surface area contributed by atoms with Crippen molar-refractivity contribution in [3.63, 3.8) is 0 Å². The maximum absolute atomic E-state index is 10.3. The van der Waals surface area contributed by atoms with Gasteiger partial charge in [-0.15, -0.1) is 0 Å². The van der Waals surface area contributed by atoms with Crippen molar-refractivity contribution in [1.82, 2.24) is 0 Å². The first-order valence-corrected chi connectivity index (χ1v) is 6.58. The van der Waals surface area contributed by atoms with Crippen LogP contribution in [0, 0.1) is 5.41 Å². The minimum atomic E-state index is -0.545. The molecule has 1 aliphatic heterocycles. The molecule has 4 nitrogen and oxygen atoms in total. The molecule has 1 heterocycles. The summed E-state index contributed by atoms with van der Waals surface area (Å²) in [6, 6.07) is 5.48. The van der Waals surface area contributed by atoms with Crippen molar-refractivity contribution in [2.24, 2.45) is 5.41 Å². The van der Waals surface area contributed by atoms with Crippen molar-refractivity contribution in [3.8, 4) is 11.5 Å². The van der Waals surface area contributed by atoms with E-state index in [0.717, 1.165) is 5.56 Å². The Kier molecular flexibility index (Phi) is 5.63. The van der Waals surface area contributed by atoms with E-state index in [4.69, 9.17) is 14.2 Å². The van der Waals surface area contributed by atoms with Crippen molar-refractivity contribution in [2.75, 3.05) is 27.4 Å². The number of aliphatic hydroxyl groups excluding tert-OH is 1. The lowest BCUT2D eigenvalue weighted by molar-refractivity contribution is -0.163. The van der Waals surface area contributed by atoms with E-state index < -0.39 is 6.10 Å². The third kappa shape index (κ3) is 3.19. The minimum absolute atomic E-state index is 0.195. The van der Waals surface area contributed by atoms with Crippen molar-refractivity contribution < 1.29 is 19.3 Å². The number of rotatable bonds is 4. The van der Waals surface area contributed by atoms with Gasteiger partial charge in [-0.25, -0.2) is 0 Å². The fourth-order valence-corrected chi connectivity index (χ4v) is 2.01. The Morgan fingerprint density at radius 3 is 2.16 bits per heavy atom. The van der Waals surface area contributed by atoms with E-state index in [2.05, 4.69) is 0 Å². The summed E-state index contributed by atoms with van der Waals surface area (Å²) in [4.78, 5) is 0. The summed E-state index contributed by atoms with van der Waals surface area (Å²) >= 11 is 0. The quantitative estimate of drug-likeness (QED) is 0.912. The Balaban J connectivity index is 0.000000861. The highest BCUT2D eigenvalue weighted by atomic mass is 16.5. The lowest BCUT2D eigenvalue weighted by Crippen LogP contribution is -2.44. The predicted octanol–water partition coefficient (Wildman–Crippen LogP) is 2.80. The van der Waals surface area contributed by atoms with E-state index in [0.29, 0.717) is 24.7 Å². The molecule has 0 saturated carbocycles. The third-order valence-corrected chi connectivity index (χ3v) is 3.25. The second kappa shape index (κ2) is 6.78. The molecule has 0 aromatic heterocycles. The van der Waals surface area contributed by atoms with Crippen LogP contribution in [0.3, 0.4) is 0 Å². The van der Waals surface area contributed by atoms with Crippen LogP contribution in [0.5, 0.6) is 11.5 Å². The molecular formula is C15H24O4. The summed E-state index contributed by atoms with van der Waals surface area (Å²) < 4.78 is 15.6. The van der Waals surface area contributed by atoms with E-state index in [1.165, 1.54) is 0 Å². The first-order valence-electron chi connectivity index (χ1n) is 6.58. The van der Waals surface area contributed by atoms with Gasteiger partial charge < -0.3 is 19.3 Å². The second-order valence-electron chi connectivity index (χ2n) is 4.66. The number of methoxy groups -OCH3 is 2. The zero-order valence-corrected chi connectivity index (χ0v) is 12.4. The van der Waals surface area contributed by atoms with E-state index >= 15 is 0 Å². The number of hydrogen-bond donors (Lipinski definition) is 1. The highest BCUT2D eigenvalue weighted by Crippen LogP contribution is 2.41. The van der Waals surface area contributed by atoms with Crippen LogP contribution in [0.1, 0.15) is 32.4 Å². The summed E-state index contributed by atoms with van der Waals surface area (Å²) in [5, 5.41) is 10.3. The molecule has 1 atom stereocenters. The average molecular weight is 268 g/mol. The fourth-order valence-electron chi connectivity index (χ4n) is 2.01. The molecule has 1 aliphatic rings. The summed E-state index contributed by atoms with van der Waals surface area (Å²) in [6.07, 6.45) is -0.545. The molecule has 1 N–H and O–H groups in total. The Bertz CT molecular complexity index is 399. The molecular weight excluding hydrogens is 244 g/mol. The molecule has 4 heteroatoms. The van der Waals surface area contributed by atoms with Gasteiger partial charge in [-0.3, -0.25) is 0 Å². The van der Waals surface area contributed by atoms with Crippen molar-refractivity contribution in [1.29, 1.82) is 0 Å². The van der Waals surface area contributed by atoms with Crippen LogP contribution in [0.4, 0.5) is 0 Å². The molecule has 0 bridgehead atoms. The van der Waals surface area contributed by atoms with E-state index in [-0.39, 0.29) is 5.41 Å². The van der Waals surface area contributed by atoms with E-state index in [9.17, 15) is 5.11 Å². The Morgan fingerprint density at radius 1 is 1.16 bits per heavy atom.